The SMILES string of the molecule is CC1CCCN(S(=O)(=O)c2ccccc2NN)C1. The van der Waals surface area contributed by atoms with Crippen LogP contribution in [0.4, 0.5) is 5.69 Å². The van der Waals surface area contributed by atoms with Crippen molar-refractivity contribution in [2.24, 2.45) is 11.8 Å². The van der Waals surface area contributed by atoms with Crippen molar-refractivity contribution in [2.75, 3.05) is 18.5 Å². The Labute approximate surface area is 108 Å². The summed E-state index contributed by atoms with van der Waals surface area (Å²) in [4.78, 5) is 0.251. The van der Waals surface area contributed by atoms with Crippen LogP contribution in [0.3, 0.4) is 0 Å². The van der Waals surface area contributed by atoms with Crippen molar-refractivity contribution in [3.8, 4) is 0 Å². The van der Waals surface area contributed by atoms with Gasteiger partial charge in [-0.1, -0.05) is 19.1 Å². The van der Waals surface area contributed by atoms with E-state index in [-0.39, 0.29) is 4.90 Å². The average molecular weight is 269 g/mol. The molecule has 0 amide bonds. The Bertz CT molecular complexity index is 516. The van der Waals surface area contributed by atoms with Gasteiger partial charge in [-0.3, -0.25) is 5.84 Å². The van der Waals surface area contributed by atoms with E-state index < -0.39 is 10.0 Å². The number of para-hydroxylation sites is 1. The lowest BCUT2D eigenvalue weighted by Crippen LogP contribution is -2.39. The number of piperidine rings is 1. The second-order valence-electron chi connectivity index (χ2n) is 4.75. The number of nitrogens with one attached hydrogen (secondary N) is 1. The summed E-state index contributed by atoms with van der Waals surface area (Å²) in [7, 11) is -3.45. The van der Waals surface area contributed by atoms with Crippen LogP contribution in [0.5, 0.6) is 0 Å². The molecule has 0 aromatic heterocycles. The Hall–Kier alpha value is -1.11. The highest BCUT2D eigenvalue weighted by molar-refractivity contribution is 7.89. The molecule has 1 saturated heterocycles. The average Bonchev–Trinajstić information content (AvgIpc) is 2.38. The molecule has 0 spiro atoms. The molecule has 1 aliphatic rings. The first-order valence-corrected chi connectivity index (χ1v) is 7.55. The number of nitrogens with zero attached hydrogens (tertiary/aromatic N) is 1. The van der Waals surface area contributed by atoms with Crippen LogP contribution in [-0.2, 0) is 10.0 Å². The van der Waals surface area contributed by atoms with Gasteiger partial charge in [0.15, 0.2) is 0 Å². The van der Waals surface area contributed by atoms with Gasteiger partial charge in [-0.05, 0) is 30.9 Å². The third kappa shape index (κ3) is 2.50. The van der Waals surface area contributed by atoms with Gasteiger partial charge in [0.25, 0.3) is 0 Å². The van der Waals surface area contributed by atoms with E-state index in [1.165, 1.54) is 0 Å². The number of hydrogen-bond donors (Lipinski definition) is 2. The van der Waals surface area contributed by atoms with Crippen molar-refractivity contribution in [3.63, 3.8) is 0 Å². The first-order valence-electron chi connectivity index (χ1n) is 6.11. The Kier molecular flexibility index (Phi) is 3.89. The third-order valence-electron chi connectivity index (χ3n) is 3.28. The Morgan fingerprint density at radius 1 is 1.39 bits per heavy atom. The van der Waals surface area contributed by atoms with Gasteiger partial charge in [0.1, 0.15) is 4.90 Å². The molecule has 1 atom stereocenters. The maximum absolute atomic E-state index is 12.5. The van der Waals surface area contributed by atoms with Crippen molar-refractivity contribution in [3.05, 3.63) is 24.3 Å². The lowest BCUT2D eigenvalue weighted by molar-refractivity contribution is 0.281. The molecule has 1 aromatic carbocycles. The first kappa shape index (κ1) is 13.3. The number of sulfonamides is 1. The predicted octanol–water partition coefficient (Wildman–Crippen LogP) is 1.39. The molecule has 1 heterocycles. The van der Waals surface area contributed by atoms with E-state index in [4.69, 9.17) is 5.84 Å². The zero-order valence-corrected chi connectivity index (χ0v) is 11.3. The number of anilines is 1. The van der Waals surface area contributed by atoms with Crippen molar-refractivity contribution in [1.82, 2.24) is 4.31 Å². The van der Waals surface area contributed by atoms with E-state index in [1.807, 2.05) is 0 Å². The normalized spacial score (nSPS) is 21.8. The van der Waals surface area contributed by atoms with E-state index in [9.17, 15) is 8.42 Å². The number of nitrogen functional groups attached to an aromatic ring is 1. The summed E-state index contributed by atoms with van der Waals surface area (Å²) in [5.74, 6) is 5.78. The highest BCUT2D eigenvalue weighted by atomic mass is 32.2. The summed E-state index contributed by atoms with van der Waals surface area (Å²) in [5, 5.41) is 0. The second kappa shape index (κ2) is 5.26. The summed E-state index contributed by atoms with van der Waals surface area (Å²) < 4.78 is 26.6. The fourth-order valence-corrected chi connectivity index (χ4v) is 4.07. The van der Waals surface area contributed by atoms with Gasteiger partial charge in [-0.25, -0.2) is 8.42 Å². The van der Waals surface area contributed by atoms with Crippen LogP contribution in [0.2, 0.25) is 0 Å². The Balaban J connectivity index is 2.35. The summed E-state index contributed by atoms with van der Waals surface area (Å²) in [6, 6.07) is 6.72. The maximum Gasteiger partial charge on any atom is 0.245 e. The van der Waals surface area contributed by atoms with Gasteiger partial charge in [0.2, 0.25) is 10.0 Å². The fraction of sp³-hybridized carbons (Fsp3) is 0.500. The molecular weight excluding hydrogens is 250 g/mol. The van der Waals surface area contributed by atoms with Crippen molar-refractivity contribution in [1.29, 1.82) is 0 Å². The molecule has 1 aromatic rings. The molecule has 0 saturated carbocycles. The largest absolute Gasteiger partial charge is 0.323 e. The lowest BCUT2D eigenvalue weighted by atomic mass is 10.0. The highest BCUT2D eigenvalue weighted by Crippen LogP contribution is 2.27. The summed E-state index contributed by atoms with van der Waals surface area (Å²) in [6.45, 7) is 3.25. The zero-order valence-electron chi connectivity index (χ0n) is 10.5. The summed E-state index contributed by atoms with van der Waals surface area (Å²) >= 11 is 0. The highest BCUT2D eigenvalue weighted by Gasteiger charge is 2.30. The smallest absolute Gasteiger partial charge is 0.245 e. The van der Waals surface area contributed by atoms with Crippen molar-refractivity contribution in [2.45, 2.75) is 24.7 Å². The standard InChI is InChI=1S/C12H19N3O2S/c1-10-5-4-8-15(9-10)18(16,17)12-7-3-2-6-11(12)14-13/h2-3,6-7,10,14H,4-5,8-9,13H2,1H3. The van der Waals surface area contributed by atoms with Crippen LogP contribution in [0.1, 0.15) is 19.8 Å². The van der Waals surface area contributed by atoms with Gasteiger partial charge in [0.05, 0.1) is 5.69 Å². The third-order valence-corrected chi connectivity index (χ3v) is 5.20. The van der Waals surface area contributed by atoms with Gasteiger partial charge < -0.3 is 5.43 Å². The minimum Gasteiger partial charge on any atom is -0.323 e. The molecule has 3 N–H and O–H groups in total. The topological polar surface area (TPSA) is 75.4 Å². The van der Waals surface area contributed by atoms with Crippen LogP contribution in [0.15, 0.2) is 29.2 Å². The molecule has 6 heteroatoms. The van der Waals surface area contributed by atoms with Gasteiger partial charge in [-0.2, -0.15) is 4.31 Å². The molecule has 1 aliphatic heterocycles. The molecule has 1 fully saturated rings. The van der Waals surface area contributed by atoms with Crippen LogP contribution < -0.4 is 11.3 Å². The number of nitrogens with two attached hydrogens (primary N) is 1. The van der Waals surface area contributed by atoms with E-state index in [2.05, 4.69) is 12.3 Å². The monoisotopic (exact) mass is 269 g/mol. The van der Waals surface area contributed by atoms with E-state index in [0.29, 0.717) is 24.7 Å². The van der Waals surface area contributed by atoms with Crippen LogP contribution >= 0.6 is 0 Å². The number of hydrogen-bond acceptors (Lipinski definition) is 4. The molecule has 2 rings (SSSR count). The number of hydrazine groups is 1. The summed E-state index contributed by atoms with van der Waals surface area (Å²) in [6.07, 6.45) is 2.00. The predicted molar refractivity (Wildman–Crippen MR) is 71.4 cm³/mol. The molecular formula is C12H19N3O2S. The molecule has 0 bridgehead atoms. The van der Waals surface area contributed by atoms with Crippen molar-refractivity contribution >= 4 is 15.7 Å². The van der Waals surface area contributed by atoms with E-state index in [1.54, 1.807) is 28.6 Å². The Morgan fingerprint density at radius 3 is 2.78 bits per heavy atom. The van der Waals surface area contributed by atoms with Gasteiger partial charge in [-0.15, -0.1) is 0 Å². The van der Waals surface area contributed by atoms with E-state index >= 15 is 0 Å². The molecule has 0 radical (unpaired) electrons. The molecule has 18 heavy (non-hydrogen) atoms. The minimum absolute atomic E-state index is 0.251. The number of rotatable bonds is 3. The van der Waals surface area contributed by atoms with Crippen LogP contribution in [0, 0.1) is 5.92 Å². The van der Waals surface area contributed by atoms with Gasteiger partial charge >= 0.3 is 0 Å². The Morgan fingerprint density at radius 2 is 2.11 bits per heavy atom. The first-order chi connectivity index (χ1) is 8.55. The number of benzene rings is 1. The molecule has 100 valence electrons. The summed E-state index contributed by atoms with van der Waals surface area (Å²) in [5.41, 5.74) is 2.89. The molecule has 5 nitrogen and oxygen atoms in total. The van der Waals surface area contributed by atoms with Crippen LogP contribution in [0.25, 0.3) is 0 Å². The molecule has 1 unspecified atom stereocenters. The maximum atomic E-state index is 12.5. The van der Waals surface area contributed by atoms with Crippen molar-refractivity contribution < 1.29 is 8.42 Å². The minimum atomic E-state index is -3.45. The zero-order chi connectivity index (χ0) is 13.2. The molecule has 0 aliphatic carbocycles. The quantitative estimate of drug-likeness (QED) is 0.642. The van der Waals surface area contributed by atoms with E-state index in [0.717, 1.165) is 12.8 Å². The van der Waals surface area contributed by atoms with Gasteiger partial charge in [0, 0.05) is 13.1 Å². The lowest BCUT2D eigenvalue weighted by Gasteiger charge is -2.30. The fourth-order valence-electron chi connectivity index (χ4n) is 2.31. The van der Waals surface area contributed by atoms with Crippen LogP contribution in [-0.4, -0.2) is 25.8 Å². The second-order valence-corrected chi connectivity index (χ2v) is 6.66.